The van der Waals surface area contributed by atoms with Gasteiger partial charge in [-0.1, -0.05) is 37.6 Å². The van der Waals surface area contributed by atoms with Crippen LogP contribution < -0.4 is 14.8 Å². The zero-order valence-electron chi connectivity index (χ0n) is 14.8. The molecule has 2 rings (SSSR count). The number of rotatable bonds is 8. The smallest absolute Gasteiger partial charge is 0.261 e. The maximum atomic E-state index is 12.6. The maximum absolute atomic E-state index is 12.6. The Balaban J connectivity index is 2.03. The number of nitrogens with one attached hydrogen (secondary N) is 1. The Kier molecular flexibility index (Phi) is 7.14. The fraction of sp³-hybridized carbons (Fsp3) is 0.350. The van der Waals surface area contributed by atoms with E-state index in [1.807, 2.05) is 38.1 Å². The van der Waals surface area contributed by atoms with E-state index in [9.17, 15) is 4.79 Å². The van der Waals surface area contributed by atoms with Gasteiger partial charge < -0.3 is 14.8 Å². The third-order valence-electron chi connectivity index (χ3n) is 4.00. The van der Waals surface area contributed by atoms with Gasteiger partial charge >= 0.3 is 0 Å². The number of carbonyl (C=O) groups is 1. The zero-order chi connectivity index (χ0) is 18.2. The van der Waals surface area contributed by atoms with Crippen molar-refractivity contribution < 1.29 is 14.3 Å². The lowest BCUT2D eigenvalue weighted by molar-refractivity contribution is -0.128. The zero-order valence-corrected chi connectivity index (χ0v) is 15.5. The Morgan fingerprint density at radius 2 is 1.60 bits per heavy atom. The van der Waals surface area contributed by atoms with Crippen molar-refractivity contribution >= 4 is 17.5 Å². The van der Waals surface area contributed by atoms with Crippen molar-refractivity contribution in [1.29, 1.82) is 0 Å². The molecule has 0 spiro atoms. The lowest BCUT2D eigenvalue weighted by atomic mass is 10.0. The van der Waals surface area contributed by atoms with Gasteiger partial charge in [0.25, 0.3) is 5.91 Å². The lowest BCUT2D eigenvalue weighted by Crippen LogP contribution is -2.39. The standard InChI is InChI=1S/C20H24ClNO3/c1-4-18(14-6-10-16(24-3)11-7-14)22-20(23)19(5-2)25-17-12-8-15(21)9-13-17/h6-13,18-19H,4-5H2,1-3H3,(H,22,23)/t18-,19+/m1/s1. The van der Waals surface area contributed by atoms with Crippen LogP contribution in [0.5, 0.6) is 11.5 Å². The van der Waals surface area contributed by atoms with E-state index in [2.05, 4.69) is 5.32 Å². The monoisotopic (exact) mass is 361 g/mol. The molecule has 0 radical (unpaired) electrons. The van der Waals surface area contributed by atoms with Crippen LogP contribution in [0.3, 0.4) is 0 Å². The average molecular weight is 362 g/mol. The van der Waals surface area contributed by atoms with Crippen LogP contribution in [-0.4, -0.2) is 19.1 Å². The van der Waals surface area contributed by atoms with Crippen LogP contribution in [0.4, 0.5) is 0 Å². The van der Waals surface area contributed by atoms with Crippen LogP contribution in [0.1, 0.15) is 38.3 Å². The van der Waals surface area contributed by atoms with Gasteiger partial charge in [-0.15, -0.1) is 0 Å². The number of hydrogen-bond donors (Lipinski definition) is 1. The minimum atomic E-state index is -0.548. The molecule has 0 saturated carbocycles. The van der Waals surface area contributed by atoms with Gasteiger partial charge in [0, 0.05) is 5.02 Å². The van der Waals surface area contributed by atoms with E-state index in [1.54, 1.807) is 31.4 Å². The second-order valence-electron chi connectivity index (χ2n) is 5.71. The number of hydrogen-bond acceptors (Lipinski definition) is 3. The summed E-state index contributed by atoms with van der Waals surface area (Å²) in [5, 5.41) is 3.71. The molecule has 0 aromatic heterocycles. The van der Waals surface area contributed by atoms with Gasteiger partial charge in [0.05, 0.1) is 13.2 Å². The fourth-order valence-electron chi connectivity index (χ4n) is 2.52. The quantitative estimate of drug-likeness (QED) is 0.736. The van der Waals surface area contributed by atoms with Crippen molar-refractivity contribution in [2.24, 2.45) is 0 Å². The van der Waals surface area contributed by atoms with Crippen molar-refractivity contribution in [3.63, 3.8) is 0 Å². The SMILES string of the molecule is CC[C@H](Oc1ccc(Cl)cc1)C(=O)N[C@H](CC)c1ccc(OC)cc1. The summed E-state index contributed by atoms with van der Waals surface area (Å²) in [7, 11) is 1.63. The van der Waals surface area contributed by atoms with Gasteiger partial charge in [-0.3, -0.25) is 4.79 Å². The Labute approximate surface area is 154 Å². The predicted molar refractivity (Wildman–Crippen MR) is 100 cm³/mol. The minimum absolute atomic E-state index is 0.0683. The molecule has 0 heterocycles. The molecule has 0 aliphatic heterocycles. The summed E-state index contributed by atoms with van der Waals surface area (Å²) in [5.41, 5.74) is 1.04. The van der Waals surface area contributed by atoms with Gasteiger partial charge in [0.2, 0.25) is 0 Å². The Morgan fingerprint density at radius 1 is 1.00 bits per heavy atom. The molecule has 0 bridgehead atoms. The summed E-state index contributed by atoms with van der Waals surface area (Å²) in [6.07, 6.45) is 0.816. The van der Waals surface area contributed by atoms with Gasteiger partial charge in [-0.25, -0.2) is 0 Å². The third kappa shape index (κ3) is 5.40. The van der Waals surface area contributed by atoms with Crippen LogP contribution >= 0.6 is 11.6 Å². The summed E-state index contributed by atoms with van der Waals surface area (Å²) in [6.45, 7) is 3.96. The summed E-state index contributed by atoms with van der Waals surface area (Å²) in [5.74, 6) is 1.30. The second-order valence-corrected chi connectivity index (χ2v) is 6.15. The van der Waals surface area contributed by atoms with E-state index in [-0.39, 0.29) is 11.9 Å². The second kappa shape index (κ2) is 9.33. The summed E-state index contributed by atoms with van der Waals surface area (Å²) in [4.78, 5) is 12.6. The van der Waals surface area contributed by atoms with Crippen molar-refractivity contribution in [3.05, 3.63) is 59.1 Å². The van der Waals surface area contributed by atoms with Crippen molar-refractivity contribution in [2.45, 2.75) is 38.8 Å². The maximum Gasteiger partial charge on any atom is 0.261 e. The number of methoxy groups -OCH3 is 1. The van der Waals surface area contributed by atoms with Crippen LogP contribution in [-0.2, 0) is 4.79 Å². The molecular weight excluding hydrogens is 338 g/mol. The first-order valence-corrected chi connectivity index (χ1v) is 8.81. The molecule has 0 fully saturated rings. The van der Waals surface area contributed by atoms with Crippen LogP contribution in [0, 0.1) is 0 Å². The number of ether oxygens (including phenoxy) is 2. The molecule has 0 unspecified atom stereocenters. The molecule has 1 amide bonds. The molecule has 5 heteroatoms. The van der Waals surface area contributed by atoms with Crippen molar-refractivity contribution in [1.82, 2.24) is 5.32 Å². The molecule has 2 atom stereocenters. The van der Waals surface area contributed by atoms with E-state index in [1.165, 1.54) is 0 Å². The highest BCUT2D eigenvalue weighted by atomic mass is 35.5. The Morgan fingerprint density at radius 3 is 2.12 bits per heavy atom. The molecule has 0 saturated heterocycles. The third-order valence-corrected chi connectivity index (χ3v) is 4.25. The summed E-state index contributed by atoms with van der Waals surface area (Å²) >= 11 is 5.88. The highest BCUT2D eigenvalue weighted by Gasteiger charge is 2.22. The normalized spacial score (nSPS) is 13.0. The first-order valence-electron chi connectivity index (χ1n) is 8.43. The minimum Gasteiger partial charge on any atom is -0.497 e. The summed E-state index contributed by atoms with van der Waals surface area (Å²) < 4.78 is 11.0. The molecule has 2 aromatic rings. The fourth-order valence-corrected chi connectivity index (χ4v) is 2.65. The van der Waals surface area contributed by atoms with Gasteiger partial charge in [0.15, 0.2) is 6.10 Å². The highest BCUT2D eigenvalue weighted by Crippen LogP contribution is 2.21. The van der Waals surface area contributed by atoms with Gasteiger partial charge in [-0.2, -0.15) is 0 Å². The predicted octanol–water partition coefficient (Wildman–Crippen LogP) is 4.77. The number of amides is 1. The Bertz CT molecular complexity index is 670. The molecule has 1 N–H and O–H groups in total. The number of benzene rings is 2. The topological polar surface area (TPSA) is 47.6 Å². The molecule has 134 valence electrons. The molecule has 2 aromatic carbocycles. The van der Waals surface area contributed by atoms with Gasteiger partial charge in [0.1, 0.15) is 11.5 Å². The number of carbonyl (C=O) groups excluding carboxylic acids is 1. The van der Waals surface area contributed by atoms with Crippen LogP contribution in [0.2, 0.25) is 5.02 Å². The average Bonchev–Trinajstić information content (AvgIpc) is 2.65. The number of halogens is 1. The van der Waals surface area contributed by atoms with Crippen molar-refractivity contribution in [3.8, 4) is 11.5 Å². The van der Waals surface area contributed by atoms with Gasteiger partial charge in [-0.05, 0) is 54.8 Å². The molecule has 4 nitrogen and oxygen atoms in total. The molecule has 0 aliphatic rings. The summed E-state index contributed by atoms with van der Waals surface area (Å²) in [6, 6.07) is 14.7. The molecule has 25 heavy (non-hydrogen) atoms. The first kappa shape index (κ1) is 19.1. The van der Waals surface area contributed by atoms with E-state index in [4.69, 9.17) is 21.1 Å². The van der Waals surface area contributed by atoms with E-state index in [0.717, 1.165) is 17.7 Å². The first-order chi connectivity index (χ1) is 12.1. The van der Waals surface area contributed by atoms with E-state index in [0.29, 0.717) is 17.2 Å². The molecular formula is C20H24ClNO3. The largest absolute Gasteiger partial charge is 0.497 e. The lowest BCUT2D eigenvalue weighted by Gasteiger charge is -2.22. The highest BCUT2D eigenvalue weighted by molar-refractivity contribution is 6.30. The molecule has 0 aliphatic carbocycles. The van der Waals surface area contributed by atoms with Crippen LogP contribution in [0.15, 0.2) is 48.5 Å². The van der Waals surface area contributed by atoms with E-state index < -0.39 is 6.10 Å². The van der Waals surface area contributed by atoms with Crippen LogP contribution in [0.25, 0.3) is 0 Å². The van der Waals surface area contributed by atoms with E-state index >= 15 is 0 Å². The Hall–Kier alpha value is -2.20. The van der Waals surface area contributed by atoms with Crippen molar-refractivity contribution in [2.75, 3.05) is 7.11 Å².